The SMILES string of the molecule is C.C/C=C(\C1=CCC=N1)C1CCNc2ccc(N(CC)C(=O)CC)cc21.CCC(=O)N(CC)c1ccc2c(c1)C1(CCN2)CC1c1cnc[nH]1. The Bertz CT molecular complexity index is 1760. The quantitative estimate of drug-likeness (QED) is 0.210. The largest absolute Gasteiger partial charge is 0.385 e. The molecule has 1 aliphatic carbocycles. The molecular formula is C41H55N7O2. The summed E-state index contributed by atoms with van der Waals surface area (Å²) >= 11 is 0. The lowest BCUT2D eigenvalue weighted by Crippen LogP contribution is -2.31. The number of hydrogen-bond acceptors (Lipinski definition) is 6. The van der Waals surface area contributed by atoms with Gasteiger partial charge in [0.05, 0.1) is 12.0 Å². The summed E-state index contributed by atoms with van der Waals surface area (Å²) in [6.07, 6.45) is 15.4. The lowest BCUT2D eigenvalue weighted by atomic mass is 9.83. The maximum atomic E-state index is 12.3. The van der Waals surface area contributed by atoms with Crippen LogP contribution in [0.1, 0.15) is 109 Å². The maximum absolute atomic E-state index is 12.3. The molecule has 4 aliphatic rings. The number of H-pyrrole nitrogens is 1. The molecule has 3 unspecified atom stereocenters. The number of amides is 2. The summed E-state index contributed by atoms with van der Waals surface area (Å²) in [6.45, 7) is 13.3. The average Bonchev–Trinajstić information content (AvgIpc) is 3.50. The first-order chi connectivity index (χ1) is 23.9. The van der Waals surface area contributed by atoms with Gasteiger partial charge in [-0.1, -0.05) is 33.4 Å². The summed E-state index contributed by atoms with van der Waals surface area (Å²) in [5, 5.41) is 7.02. The fourth-order valence-electron chi connectivity index (χ4n) is 8.04. The smallest absolute Gasteiger partial charge is 0.226 e. The average molecular weight is 678 g/mol. The summed E-state index contributed by atoms with van der Waals surface area (Å²) in [4.78, 5) is 40.3. The minimum atomic E-state index is 0. The van der Waals surface area contributed by atoms with E-state index in [0.29, 0.717) is 37.8 Å². The first-order valence-electron chi connectivity index (χ1n) is 18.1. The topological polar surface area (TPSA) is 106 Å². The van der Waals surface area contributed by atoms with E-state index in [-0.39, 0.29) is 24.7 Å². The Kier molecular flexibility index (Phi) is 11.7. The summed E-state index contributed by atoms with van der Waals surface area (Å²) in [5.41, 5.74) is 10.8. The van der Waals surface area contributed by atoms with Crippen molar-refractivity contribution >= 4 is 40.8 Å². The monoisotopic (exact) mass is 677 g/mol. The van der Waals surface area contributed by atoms with Gasteiger partial charge < -0.3 is 25.4 Å². The molecule has 1 spiro atoms. The molecule has 9 nitrogen and oxygen atoms in total. The Morgan fingerprint density at radius 3 is 2.22 bits per heavy atom. The van der Waals surface area contributed by atoms with Crippen molar-refractivity contribution in [1.82, 2.24) is 9.97 Å². The minimum Gasteiger partial charge on any atom is -0.385 e. The highest BCUT2D eigenvalue weighted by Crippen LogP contribution is 2.65. The van der Waals surface area contributed by atoms with Gasteiger partial charge >= 0.3 is 0 Å². The van der Waals surface area contributed by atoms with E-state index in [9.17, 15) is 9.59 Å². The third-order valence-electron chi connectivity index (χ3n) is 10.6. The van der Waals surface area contributed by atoms with E-state index in [1.807, 2.05) is 56.0 Å². The van der Waals surface area contributed by atoms with Crippen LogP contribution in [0.4, 0.5) is 22.7 Å². The number of allylic oxidation sites excluding steroid dienone is 3. The molecule has 1 saturated carbocycles. The third-order valence-corrected chi connectivity index (χ3v) is 10.6. The number of benzene rings is 2. The fourth-order valence-corrected chi connectivity index (χ4v) is 8.04. The number of carbonyl (C=O) groups excluding carboxylic acids is 2. The van der Waals surface area contributed by atoms with Gasteiger partial charge in [0.15, 0.2) is 0 Å². The van der Waals surface area contributed by atoms with E-state index >= 15 is 0 Å². The zero-order valence-electron chi connectivity index (χ0n) is 29.7. The van der Waals surface area contributed by atoms with E-state index in [1.165, 1.54) is 33.8 Å². The molecule has 1 fully saturated rings. The van der Waals surface area contributed by atoms with Crippen LogP contribution in [0.5, 0.6) is 0 Å². The number of anilines is 4. The molecule has 4 heterocycles. The van der Waals surface area contributed by atoms with Gasteiger partial charge in [-0.3, -0.25) is 14.6 Å². The molecule has 3 aliphatic heterocycles. The number of imidazole rings is 1. The van der Waals surface area contributed by atoms with Crippen molar-refractivity contribution in [3.63, 3.8) is 0 Å². The summed E-state index contributed by atoms with van der Waals surface area (Å²) in [5.74, 6) is 1.17. The summed E-state index contributed by atoms with van der Waals surface area (Å²) < 4.78 is 0. The highest BCUT2D eigenvalue weighted by Gasteiger charge is 2.58. The van der Waals surface area contributed by atoms with Crippen LogP contribution >= 0.6 is 0 Å². The summed E-state index contributed by atoms with van der Waals surface area (Å²) in [6, 6.07) is 12.8. The fraction of sp³-hybridized carbons (Fsp3) is 0.463. The summed E-state index contributed by atoms with van der Waals surface area (Å²) in [7, 11) is 0. The second-order valence-corrected chi connectivity index (χ2v) is 13.2. The van der Waals surface area contributed by atoms with Gasteiger partial charge in [-0.25, -0.2) is 4.98 Å². The predicted octanol–water partition coefficient (Wildman–Crippen LogP) is 8.70. The van der Waals surface area contributed by atoms with E-state index in [2.05, 4.69) is 75.0 Å². The van der Waals surface area contributed by atoms with Gasteiger partial charge in [0.25, 0.3) is 0 Å². The van der Waals surface area contributed by atoms with Crippen molar-refractivity contribution in [3.8, 4) is 0 Å². The standard InChI is InChI=1S/C21H27N3O.C19H24N4O.CH4/c1-4-16(19-8-7-12-22-19)17-11-13-23-20-10-9-15(14-18(17)20)24(6-3)21(25)5-2;1-3-18(24)23(4-2)13-5-6-16-14(9-13)19(7-8-21-16)10-15(19)17-11-20-12-22-17;/h4,8-10,12,14,17,23H,5-7,11,13H2,1-3H3;5-6,9,11-12,15,21H,3-4,7-8,10H2,1-2H3,(H,20,22);1H4/b16-4-;;. The van der Waals surface area contributed by atoms with Crippen molar-refractivity contribution in [2.45, 2.75) is 97.8 Å². The second kappa shape index (κ2) is 15.9. The molecule has 0 radical (unpaired) electrons. The molecule has 1 aromatic heterocycles. The van der Waals surface area contributed by atoms with Crippen molar-refractivity contribution in [2.24, 2.45) is 4.99 Å². The highest BCUT2D eigenvalue weighted by atomic mass is 16.2. The van der Waals surface area contributed by atoms with Crippen LogP contribution < -0.4 is 20.4 Å². The van der Waals surface area contributed by atoms with Crippen molar-refractivity contribution < 1.29 is 9.59 Å². The van der Waals surface area contributed by atoms with E-state index in [0.717, 1.165) is 55.8 Å². The molecular weight excluding hydrogens is 622 g/mol. The Morgan fingerprint density at radius 2 is 1.62 bits per heavy atom. The molecule has 2 aromatic carbocycles. The number of aromatic amines is 1. The molecule has 9 heteroatoms. The number of nitrogens with one attached hydrogen (secondary N) is 3. The molecule has 2 amide bonds. The highest BCUT2D eigenvalue weighted by molar-refractivity contribution is 5.94. The van der Waals surface area contributed by atoms with Crippen LogP contribution in [-0.2, 0) is 15.0 Å². The van der Waals surface area contributed by atoms with Crippen LogP contribution in [0.15, 0.2) is 77.3 Å². The van der Waals surface area contributed by atoms with Gasteiger partial charge in [0.2, 0.25) is 11.8 Å². The molecule has 0 bridgehead atoms. The normalized spacial score (nSPS) is 21.3. The molecule has 7 rings (SSSR count). The zero-order valence-corrected chi connectivity index (χ0v) is 29.7. The minimum absolute atomic E-state index is 0. The van der Waals surface area contributed by atoms with Crippen molar-refractivity contribution in [2.75, 3.05) is 46.6 Å². The Labute approximate surface area is 298 Å². The van der Waals surface area contributed by atoms with Gasteiger partial charge in [-0.05, 0) is 93.1 Å². The number of aromatic nitrogens is 2. The van der Waals surface area contributed by atoms with Gasteiger partial charge in [0.1, 0.15) is 0 Å². The van der Waals surface area contributed by atoms with E-state index < -0.39 is 0 Å². The van der Waals surface area contributed by atoms with Crippen LogP contribution in [0.2, 0.25) is 0 Å². The number of nitrogens with zero attached hydrogens (tertiary/aromatic N) is 4. The molecule has 50 heavy (non-hydrogen) atoms. The first-order valence-corrected chi connectivity index (χ1v) is 18.1. The molecule has 3 aromatic rings. The Balaban J connectivity index is 0.000000191. The van der Waals surface area contributed by atoms with Crippen LogP contribution in [0.25, 0.3) is 0 Å². The lowest BCUT2D eigenvalue weighted by Gasteiger charge is -2.31. The van der Waals surface area contributed by atoms with Crippen LogP contribution in [0.3, 0.4) is 0 Å². The van der Waals surface area contributed by atoms with Gasteiger partial charge in [-0.2, -0.15) is 0 Å². The molecule has 3 N–H and O–H groups in total. The van der Waals surface area contributed by atoms with Crippen molar-refractivity contribution in [1.29, 1.82) is 0 Å². The Morgan fingerprint density at radius 1 is 0.940 bits per heavy atom. The van der Waals surface area contributed by atoms with Gasteiger partial charge in [0, 0.05) is 104 Å². The number of rotatable bonds is 9. The second-order valence-electron chi connectivity index (χ2n) is 13.2. The third kappa shape index (κ3) is 7.00. The predicted molar refractivity (Wildman–Crippen MR) is 208 cm³/mol. The first kappa shape index (κ1) is 36.6. The van der Waals surface area contributed by atoms with Crippen LogP contribution in [-0.4, -0.2) is 54.2 Å². The number of carbonyl (C=O) groups is 2. The molecule has 266 valence electrons. The zero-order chi connectivity index (χ0) is 34.5. The molecule has 3 atom stereocenters. The number of fused-ring (bicyclic) bond motifs is 3. The Hall–Kier alpha value is -4.66. The van der Waals surface area contributed by atoms with E-state index in [1.54, 1.807) is 6.33 Å². The number of aliphatic imine (C=N–C) groups is 1. The lowest BCUT2D eigenvalue weighted by molar-refractivity contribution is -0.119. The maximum Gasteiger partial charge on any atom is 0.226 e. The van der Waals surface area contributed by atoms with Crippen molar-refractivity contribution in [3.05, 3.63) is 89.2 Å². The van der Waals surface area contributed by atoms with Gasteiger partial charge in [-0.15, -0.1) is 0 Å². The number of hydrogen-bond donors (Lipinski definition) is 3. The van der Waals surface area contributed by atoms with E-state index in [4.69, 9.17) is 0 Å². The van der Waals surface area contributed by atoms with Crippen LogP contribution in [0, 0.1) is 0 Å². The molecule has 0 saturated heterocycles.